The number of nitrogens with zero attached hydrogens (tertiary/aromatic N) is 3. The van der Waals surface area contributed by atoms with E-state index in [0.29, 0.717) is 29.5 Å². The molecule has 10 heteroatoms. The number of carbonyl (C=O) groups is 1. The summed E-state index contributed by atoms with van der Waals surface area (Å²) in [5.41, 5.74) is 9.57. The Morgan fingerprint density at radius 3 is 2.22 bits per heavy atom. The van der Waals surface area contributed by atoms with Crippen molar-refractivity contribution in [3.05, 3.63) is 124 Å². The molecule has 51 heavy (non-hydrogen) atoms. The van der Waals surface area contributed by atoms with Crippen LogP contribution in [0.2, 0.25) is 5.02 Å². The minimum Gasteiger partial charge on any atom is -0.494 e. The second kappa shape index (κ2) is 15.6. The summed E-state index contributed by atoms with van der Waals surface area (Å²) in [6.45, 7) is 11.2. The molecule has 8 nitrogen and oxygen atoms in total. The second-order valence-electron chi connectivity index (χ2n) is 12.8. The number of benzene rings is 4. The maximum atomic E-state index is 13.3. The summed E-state index contributed by atoms with van der Waals surface area (Å²) < 4.78 is 32.0. The molecule has 2 aromatic heterocycles. The van der Waals surface area contributed by atoms with E-state index in [1.54, 1.807) is 24.3 Å². The van der Waals surface area contributed by atoms with Crippen molar-refractivity contribution in [2.45, 2.75) is 65.3 Å². The van der Waals surface area contributed by atoms with Gasteiger partial charge in [-0.1, -0.05) is 48.0 Å². The topological polar surface area (TPSA) is 87.4 Å². The van der Waals surface area contributed by atoms with Crippen LogP contribution in [0.3, 0.4) is 0 Å². The molecule has 0 fully saturated rings. The van der Waals surface area contributed by atoms with Gasteiger partial charge in [-0.05, 0) is 113 Å². The van der Waals surface area contributed by atoms with Crippen LogP contribution in [0.15, 0.2) is 89.8 Å². The number of hydrogen-bond donors (Lipinski definition) is 1. The van der Waals surface area contributed by atoms with E-state index in [0.717, 1.165) is 73.9 Å². The normalized spacial score (nSPS) is 11.9. The molecule has 0 saturated heterocycles. The Labute approximate surface area is 306 Å². The molecule has 6 rings (SSSR count). The Bertz CT molecular complexity index is 2200. The SMILES string of the molecule is Cc1cc(OCCCc2c(C)n(CCC(=O)NS(=O)c3ccc(Oc4ccccc4)cc3)c3c(-c4c(C)nn(C)c4C)cccc23)cc(C)c1Cl. The van der Waals surface area contributed by atoms with Crippen molar-refractivity contribution >= 4 is 39.4 Å². The third-order valence-electron chi connectivity index (χ3n) is 9.29. The first-order valence-electron chi connectivity index (χ1n) is 17.1. The largest absolute Gasteiger partial charge is 0.494 e. The van der Waals surface area contributed by atoms with Gasteiger partial charge in [-0.3, -0.25) is 14.2 Å². The number of aryl methyl sites for hydroxylation is 6. The summed E-state index contributed by atoms with van der Waals surface area (Å²) in [4.78, 5) is 13.8. The van der Waals surface area contributed by atoms with Gasteiger partial charge in [-0.15, -0.1) is 0 Å². The first-order valence-corrected chi connectivity index (χ1v) is 18.6. The van der Waals surface area contributed by atoms with E-state index >= 15 is 0 Å². The lowest BCUT2D eigenvalue weighted by molar-refractivity contribution is -0.119. The number of halogens is 1. The van der Waals surface area contributed by atoms with Gasteiger partial charge in [0.2, 0.25) is 5.91 Å². The number of rotatable bonds is 13. The molecule has 1 unspecified atom stereocenters. The van der Waals surface area contributed by atoms with Crippen LogP contribution in [0.5, 0.6) is 17.2 Å². The third-order valence-corrected chi connectivity index (χ3v) is 11.0. The molecule has 6 aromatic rings. The summed E-state index contributed by atoms with van der Waals surface area (Å²) in [5, 5.41) is 6.61. The van der Waals surface area contributed by atoms with E-state index in [-0.39, 0.29) is 12.3 Å². The standard InChI is InChI=1S/C41H43ClN4O4S/c1-26-24-33(25-27(2)40(26)42)49-23-11-16-35-29(4)46(41-36(35)14-10-15-37(41)39-28(3)43-45(6)30(39)5)22-21-38(47)44-51(48)34-19-17-32(18-20-34)50-31-12-8-7-9-13-31/h7-10,12-15,17-20,24-25H,11,16,21-23H2,1-6H3,(H,44,47). The van der Waals surface area contributed by atoms with Crippen LogP contribution < -0.4 is 14.2 Å². The van der Waals surface area contributed by atoms with Crippen molar-refractivity contribution < 1.29 is 18.5 Å². The third kappa shape index (κ3) is 7.90. The molecule has 2 heterocycles. The van der Waals surface area contributed by atoms with Gasteiger partial charge in [0.15, 0.2) is 11.0 Å². The monoisotopic (exact) mass is 722 g/mol. The van der Waals surface area contributed by atoms with Crippen molar-refractivity contribution in [2.24, 2.45) is 7.05 Å². The molecular formula is C41H43ClN4O4S. The molecule has 0 spiro atoms. The molecule has 0 saturated carbocycles. The van der Waals surface area contributed by atoms with Gasteiger partial charge in [-0.25, -0.2) is 4.21 Å². The summed E-state index contributed by atoms with van der Waals surface area (Å²) in [7, 11) is 0.245. The molecule has 1 amide bonds. The number of nitrogens with one attached hydrogen (secondary N) is 1. The summed E-state index contributed by atoms with van der Waals surface area (Å²) in [6.07, 6.45) is 1.77. The molecule has 1 atom stereocenters. The van der Waals surface area contributed by atoms with Crippen LogP contribution in [0.25, 0.3) is 22.0 Å². The molecule has 4 aromatic carbocycles. The Morgan fingerprint density at radius 1 is 0.863 bits per heavy atom. The highest BCUT2D eigenvalue weighted by Gasteiger charge is 2.22. The maximum absolute atomic E-state index is 13.3. The van der Waals surface area contributed by atoms with Crippen LogP contribution in [-0.4, -0.2) is 31.1 Å². The molecule has 0 aliphatic carbocycles. The van der Waals surface area contributed by atoms with Gasteiger partial charge in [0.25, 0.3) is 0 Å². The second-order valence-corrected chi connectivity index (χ2v) is 14.4. The molecule has 264 valence electrons. The van der Waals surface area contributed by atoms with Crippen LogP contribution >= 0.6 is 11.6 Å². The lowest BCUT2D eigenvalue weighted by Gasteiger charge is -2.13. The van der Waals surface area contributed by atoms with E-state index in [1.807, 2.05) is 75.0 Å². The van der Waals surface area contributed by atoms with Gasteiger partial charge in [0, 0.05) is 52.9 Å². The van der Waals surface area contributed by atoms with E-state index in [2.05, 4.69) is 41.3 Å². The highest BCUT2D eigenvalue weighted by Crippen LogP contribution is 2.38. The van der Waals surface area contributed by atoms with E-state index in [9.17, 15) is 9.00 Å². The first-order chi connectivity index (χ1) is 24.5. The Morgan fingerprint density at radius 2 is 1.55 bits per heavy atom. The zero-order chi connectivity index (χ0) is 36.2. The van der Waals surface area contributed by atoms with Crippen LogP contribution in [0.4, 0.5) is 0 Å². The minimum absolute atomic E-state index is 0.155. The van der Waals surface area contributed by atoms with Gasteiger partial charge in [0.05, 0.1) is 22.7 Å². The zero-order valence-electron chi connectivity index (χ0n) is 29.9. The fourth-order valence-corrected chi connectivity index (χ4v) is 7.59. The molecule has 0 aliphatic heterocycles. The minimum atomic E-state index is -1.71. The Kier molecular flexibility index (Phi) is 11.0. The lowest BCUT2D eigenvalue weighted by atomic mass is 9.98. The van der Waals surface area contributed by atoms with Crippen molar-refractivity contribution in [1.29, 1.82) is 0 Å². The van der Waals surface area contributed by atoms with Crippen molar-refractivity contribution in [3.8, 4) is 28.4 Å². The summed E-state index contributed by atoms with van der Waals surface area (Å²) in [5.74, 6) is 1.85. The van der Waals surface area contributed by atoms with Crippen LogP contribution in [0.1, 0.15) is 46.6 Å². The maximum Gasteiger partial charge on any atom is 0.233 e. The lowest BCUT2D eigenvalue weighted by Crippen LogP contribution is -2.26. The number of aromatic nitrogens is 3. The molecule has 0 radical (unpaired) electrons. The average molecular weight is 723 g/mol. The van der Waals surface area contributed by atoms with Crippen LogP contribution in [-0.2, 0) is 35.8 Å². The first kappa shape index (κ1) is 35.9. The smallest absolute Gasteiger partial charge is 0.233 e. The molecule has 1 N–H and O–H groups in total. The predicted octanol–water partition coefficient (Wildman–Crippen LogP) is 9.27. The van der Waals surface area contributed by atoms with E-state index < -0.39 is 11.0 Å². The van der Waals surface area contributed by atoms with E-state index in [1.165, 1.54) is 5.56 Å². The molecular weight excluding hydrogens is 680 g/mol. The van der Waals surface area contributed by atoms with Gasteiger partial charge >= 0.3 is 0 Å². The Balaban J connectivity index is 1.20. The molecule has 0 bridgehead atoms. The van der Waals surface area contributed by atoms with E-state index in [4.69, 9.17) is 26.2 Å². The van der Waals surface area contributed by atoms with Crippen molar-refractivity contribution in [3.63, 3.8) is 0 Å². The number of carbonyl (C=O) groups excluding carboxylic acids is 1. The fourth-order valence-electron chi connectivity index (χ4n) is 6.67. The fraction of sp³-hybridized carbons (Fsp3) is 0.268. The predicted molar refractivity (Wildman–Crippen MR) is 205 cm³/mol. The van der Waals surface area contributed by atoms with Gasteiger partial charge in [-0.2, -0.15) is 5.10 Å². The van der Waals surface area contributed by atoms with Crippen LogP contribution in [0, 0.1) is 34.6 Å². The average Bonchev–Trinajstić information content (AvgIpc) is 3.53. The number of amides is 1. The van der Waals surface area contributed by atoms with Crippen molar-refractivity contribution in [2.75, 3.05) is 6.61 Å². The quantitative estimate of drug-likeness (QED) is 0.120. The number of ether oxygens (including phenoxy) is 2. The number of fused-ring (bicyclic) bond motifs is 1. The Hall–Kier alpha value is -4.86. The highest BCUT2D eigenvalue weighted by molar-refractivity contribution is 7.83. The highest BCUT2D eigenvalue weighted by atomic mass is 35.5. The summed E-state index contributed by atoms with van der Waals surface area (Å²) in [6, 6.07) is 26.7. The zero-order valence-corrected chi connectivity index (χ0v) is 31.5. The van der Waals surface area contributed by atoms with Gasteiger partial charge < -0.3 is 14.0 Å². The molecule has 0 aliphatic rings. The van der Waals surface area contributed by atoms with Gasteiger partial charge in [0.1, 0.15) is 17.2 Å². The van der Waals surface area contributed by atoms with Crippen molar-refractivity contribution in [1.82, 2.24) is 19.1 Å². The summed E-state index contributed by atoms with van der Waals surface area (Å²) >= 11 is 6.36. The number of para-hydroxylation sites is 2. The number of hydrogen-bond acceptors (Lipinski definition) is 5.